The summed E-state index contributed by atoms with van der Waals surface area (Å²) in [5.74, 6) is 1.46. The SMILES string of the molecule is COc1ccc(CC[C@@H](NC(=O)C2CCCCN2)c2cccc(OCC(=O)OC(C)(C)C)c2)cc1OC. The van der Waals surface area contributed by atoms with Gasteiger partial charge in [-0.15, -0.1) is 0 Å². The molecular weight excluding hydrogens is 472 g/mol. The Kier molecular flexibility index (Phi) is 10.2. The average Bonchev–Trinajstić information content (AvgIpc) is 2.89. The van der Waals surface area contributed by atoms with E-state index in [1.54, 1.807) is 20.3 Å². The second-order valence-electron chi connectivity index (χ2n) is 10.2. The third kappa shape index (κ3) is 8.97. The minimum Gasteiger partial charge on any atom is -0.493 e. The van der Waals surface area contributed by atoms with Gasteiger partial charge < -0.3 is 29.6 Å². The van der Waals surface area contributed by atoms with Gasteiger partial charge in [0.15, 0.2) is 18.1 Å². The number of carbonyl (C=O) groups is 2. The molecule has 8 nitrogen and oxygen atoms in total. The second-order valence-corrected chi connectivity index (χ2v) is 10.2. The molecule has 202 valence electrons. The van der Waals surface area contributed by atoms with Crippen LogP contribution >= 0.6 is 0 Å². The van der Waals surface area contributed by atoms with Gasteiger partial charge in [-0.25, -0.2) is 4.79 Å². The highest BCUT2D eigenvalue weighted by Gasteiger charge is 2.24. The molecule has 37 heavy (non-hydrogen) atoms. The first-order valence-corrected chi connectivity index (χ1v) is 12.9. The normalized spacial score (nSPS) is 16.4. The molecule has 1 fully saturated rings. The lowest BCUT2D eigenvalue weighted by Crippen LogP contribution is -2.47. The van der Waals surface area contributed by atoms with Crippen molar-refractivity contribution in [3.8, 4) is 17.2 Å². The molecule has 3 rings (SSSR count). The van der Waals surface area contributed by atoms with E-state index in [0.717, 1.165) is 36.9 Å². The smallest absolute Gasteiger partial charge is 0.344 e. The van der Waals surface area contributed by atoms with Crippen LogP contribution in [0.2, 0.25) is 0 Å². The zero-order chi connectivity index (χ0) is 26.8. The maximum Gasteiger partial charge on any atom is 0.344 e. The zero-order valence-corrected chi connectivity index (χ0v) is 22.6. The fourth-order valence-corrected chi connectivity index (χ4v) is 4.35. The molecule has 1 aliphatic rings. The number of nitrogens with one attached hydrogen (secondary N) is 2. The fraction of sp³-hybridized carbons (Fsp3) is 0.517. The molecule has 1 unspecified atom stereocenters. The van der Waals surface area contributed by atoms with Crippen LogP contribution in [0.15, 0.2) is 42.5 Å². The van der Waals surface area contributed by atoms with E-state index in [2.05, 4.69) is 10.6 Å². The lowest BCUT2D eigenvalue weighted by Gasteiger charge is -2.26. The molecule has 1 aliphatic heterocycles. The summed E-state index contributed by atoms with van der Waals surface area (Å²) in [5.41, 5.74) is 1.41. The Morgan fingerprint density at radius 1 is 1.05 bits per heavy atom. The Morgan fingerprint density at radius 2 is 1.84 bits per heavy atom. The summed E-state index contributed by atoms with van der Waals surface area (Å²) in [5, 5.41) is 6.56. The number of ether oxygens (including phenoxy) is 4. The summed E-state index contributed by atoms with van der Waals surface area (Å²) in [6.07, 6.45) is 4.34. The lowest BCUT2D eigenvalue weighted by molar-refractivity contribution is -0.157. The highest BCUT2D eigenvalue weighted by atomic mass is 16.6. The third-order valence-corrected chi connectivity index (χ3v) is 6.15. The zero-order valence-electron chi connectivity index (χ0n) is 22.6. The first kappa shape index (κ1) is 28.3. The van der Waals surface area contributed by atoms with Gasteiger partial charge in [0.2, 0.25) is 5.91 Å². The number of esters is 1. The van der Waals surface area contributed by atoms with Crippen molar-refractivity contribution in [3.05, 3.63) is 53.6 Å². The third-order valence-electron chi connectivity index (χ3n) is 6.15. The van der Waals surface area contributed by atoms with E-state index in [4.69, 9.17) is 18.9 Å². The first-order valence-electron chi connectivity index (χ1n) is 12.9. The number of aryl methyl sites for hydroxylation is 1. The van der Waals surface area contributed by atoms with Crippen LogP contribution in [0.25, 0.3) is 0 Å². The monoisotopic (exact) mass is 512 g/mol. The maximum absolute atomic E-state index is 13.1. The van der Waals surface area contributed by atoms with Crippen LogP contribution in [0.5, 0.6) is 17.2 Å². The Bertz CT molecular complexity index is 1040. The van der Waals surface area contributed by atoms with Crippen LogP contribution in [-0.2, 0) is 20.7 Å². The molecule has 2 atom stereocenters. The van der Waals surface area contributed by atoms with Crippen molar-refractivity contribution in [2.75, 3.05) is 27.4 Å². The summed E-state index contributed by atoms with van der Waals surface area (Å²) in [6.45, 7) is 6.12. The molecule has 2 aromatic rings. The van der Waals surface area contributed by atoms with Crippen LogP contribution in [0.1, 0.15) is 63.6 Å². The van der Waals surface area contributed by atoms with E-state index in [0.29, 0.717) is 30.1 Å². The van der Waals surface area contributed by atoms with E-state index < -0.39 is 11.6 Å². The molecule has 1 heterocycles. The highest BCUT2D eigenvalue weighted by Crippen LogP contribution is 2.30. The fourth-order valence-electron chi connectivity index (χ4n) is 4.35. The summed E-state index contributed by atoms with van der Waals surface area (Å²) in [7, 11) is 3.23. The molecule has 8 heteroatoms. The molecule has 0 spiro atoms. The minimum atomic E-state index is -0.574. The Hall–Kier alpha value is -3.26. The van der Waals surface area contributed by atoms with Crippen molar-refractivity contribution < 1.29 is 28.5 Å². The number of piperidine rings is 1. The predicted octanol–water partition coefficient (Wildman–Crippen LogP) is 4.36. The van der Waals surface area contributed by atoms with Gasteiger partial charge in [0.05, 0.1) is 26.3 Å². The predicted molar refractivity (Wildman–Crippen MR) is 142 cm³/mol. The molecule has 0 aromatic heterocycles. The standard InChI is InChI=1S/C29H40N2O6/c1-29(2,3)37-27(32)19-36-22-10-8-9-21(18-22)23(31-28(33)24-11-6-7-16-30-24)14-12-20-13-15-25(34-4)26(17-20)35-5/h8-10,13,15,17-18,23-24,30H,6-7,11-12,14,16,19H2,1-5H3,(H,31,33)/t23-,24?/m1/s1. The van der Waals surface area contributed by atoms with Crippen molar-refractivity contribution in [2.24, 2.45) is 0 Å². The molecule has 1 saturated heterocycles. The average molecular weight is 513 g/mol. The molecule has 1 amide bonds. The van der Waals surface area contributed by atoms with Crippen LogP contribution in [-0.4, -0.2) is 50.9 Å². The van der Waals surface area contributed by atoms with Gasteiger partial charge in [-0.1, -0.05) is 24.6 Å². The molecule has 2 aromatic carbocycles. The van der Waals surface area contributed by atoms with Crippen LogP contribution < -0.4 is 24.8 Å². The van der Waals surface area contributed by atoms with E-state index in [1.165, 1.54) is 0 Å². The number of methoxy groups -OCH3 is 2. The lowest BCUT2D eigenvalue weighted by atomic mass is 9.97. The number of amides is 1. The first-order chi connectivity index (χ1) is 17.7. The maximum atomic E-state index is 13.1. The molecular formula is C29H40N2O6. The molecule has 0 bridgehead atoms. The number of carbonyl (C=O) groups excluding carboxylic acids is 2. The van der Waals surface area contributed by atoms with Gasteiger partial charge >= 0.3 is 5.97 Å². The van der Waals surface area contributed by atoms with Crippen LogP contribution in [0, 0.1) is 0 Å². The minimum absolute atomic E-state index is 0.00270. The van der Waals surface area contributed by atoms with Gasteiger partial charge in [-0.05, 0) is 88.4 Å². The molecule has 2 N–H and O–H groups in total. The van der Waals surface area contributed by atoms with E-state index in [1.807, 2.05) is 57.2 Å². The highest BCUT2D eigenvalue weighted by molar-refractivity contribution is 5.82. The van der Waals surface area contributed by atoms with Gasteiger partial charge in [0, 0.05) is 0 Å². The summed E-state index contributed by atoms with van der Waals surface area (Å²) >= 11 is 0. The van der Waals surface area contributed by atoms with Crippen LogP contribution in [0.3, 0.4) is 0 Å². The molecule has 0 aliphatic carbocycles. The van der Waals surface area contributed by atoms with E-state index in [-0.39, 0.29) is 24.6 Å². The summed E-state index contributed by atoms with van der Waals surface area (Å²) in [4.78, 5) is 25.2. The van der Waals surface area contributed by atoms with Crippen molar-refractivity contribution in [1.82, 2.24) is 10.6 Å². The summed E-state index contributed by atoms with van der Waals surface area (Å²) < 4.78 is 21.8. The van der Waals surface area contributed by atoms with E-state index in [9.17, 15) is 9.59 Å². The molecule has 0 saturated carbocycles. The Morgan fingerprint density at radius 3 is 2.51 bits per heavy atom. The summed E-state index contributed by atoms with van der Waals surface area (Å²) in [6, 6.07) is 12.9. The molecule has 0 radical (unpaired) electrons. The number of hydrogen-bond acceptors (Lipinski definition) is 7. The van der Waals surface area contributed by atoms with Crippen molar-refractivity contribution in [1.29, 1.82) is 0 Å². The number of hydrogen-bond donors (Lipinski definition) is 2. The second kappa shape index (κ2) is 13.3. The van der Waals surface area contributed by atoms with Gasteiger partial charge in [-0.2, -0.15) is 0 Å². The topological polar surface area (TPSA) is 95.1 Å². The number of rotatable bonds is 11. The Labute approximate surface area is 220 Å². The van der Waals surface area contributed by atoms with E-state index >= 15 is 0 Å². The van der Waals surface area contributed by atoms with Gasteiger partial charge in [0.25, 0.3) is 0 Å². The van der Waals surface area contributed by atoms with Gasteiger partial charge in [0.1, 0.15) is 11.4 Å². The largest absolute Gasteiger partial charge is 0.493 e. The van der Waals surface area contributed by atoms with Crippen molar-refractivity contribution in [3.63, 3.8) is 0 Å². The van der Waals surface area contributed by atoms with Crippen molar-refractivity contribution >= 4 is 11.9 Å². The van der Waals surface area contributed by atoms with Gasteiger partial charge in [-0.3, -0.25) is 4.79 Å². The van der Waals surface area contributed by atoms with Crippen LogP contribution in [0.4, 0.5) is 0 Å². The van der Waals surface area contributed by atoms with Crippen molar-refractivity contribution in [2.45, 2.75) is 70.6 Å². The number of benzene rings is 2. The Balaban J connectivity index is 1.74. The quantitative estimate of drug-likeness (QED) is 0.432.